The Balaban J connectivity index is 1.24. The Bertz CT molecular complexity index is 2360. The minimum atomic E-state index is -4.05. The van der Waals surface area contributed by atoms with E-state index in [1.807, 2.05) is 25.1 Å². The van der Waals surface area contributed by atoms with E-state index < -0.39 is 45.5 Å². The summed E-state index contributed by atoms with van der Waals surface area (Å²) in [6.07, 6.45) is 3.23. The third-order valence-electron chi connectivity index (χ3n) is 12.6. The molecule has 1 unspecified atom stereocenters. The molecular formula is C44H56N6O8S. The number of carbonyl (C=O) groups excluding carboxylic acids is 2. The number of phenols is 1. The molecule has 4 N–H and O–H groups in total. The lowest BCUT2D eigenvalue weighted by Crippen LogP contribution is -2.62. The van der Waals surface area contributed by atoms with E-state index in [-0.39, 0.29) is 42.6 Å². The Morgan fingerprint density at radius 2 is 1.93 bits per heavy atom. The van der Waals surface area contributed by atoms with Gasteiger partial charge in [0.05, 0.1) is 36.0 Å². The van der Waals surface area contributed by atoms with Gasteiger partial charge in [-0.3, -0.25) is 19.6 Å². The van der Waals surface area contributed by atoms with E-state index in [1.165, 1.54) is 5.01 Å². The van der Waals surface area contributed by atoms with Crippen LogP contribution >= 0.6 is 0 Å². The summed E-state index contributed by atoms with van der Waals surface area (Å²) >= 11 is 0. The smallest absolute Gasteiger partial charge is 0.324 e. The van der Waals surface area contributed by atoms with Crippen molar-refractivity contribution in [3.8, 4) is 28.1 Å². The SMILES string of the molecule is CCn1c(-c2cccnc2[C@H](C)OC)c2c3cc(ccc31)-c1cc(O)cc(c1)C[C@H](NS(=O)(=O)CC1OCCC13CNC3)C(=O)N1CCC[C@H](N1)C(=O)OCC(C)(C)C2. The van der Waals surface area contributed by atoms with Gasteiger partial charge in [0.1, 0.15) is 17.8 Å². The van der Waals surface area contributed by atoms with Crippen LogP contribution in [-0.4, -0.2) is 104 Å². The first-order valence-corrected chi connectivity index (χ1v) is 22.4. The fraction of sp³-hybridized carbons (Fsp3) is 0.523. The number of hydrogen-bond acceptors (Lipinski definition) is 11. The Morgan fingerprint density at radius 1 is 1.12 bits per heavy atom. The van der Waals surface area contributed by atoms with Crippen LogP contribution < -0.4 is 15.5 Å². The maximum absolute atomic E-state index is 14.4. The quantitative estimate of drug-likeness (QED) is 0.183. The van der Waals surface area contributed by atoms with Crippen LogP contribution in [0, 0.1) is 10.8 Å². The van der Waals surface area contributed by atoms with Crippen LogP contribution in [0.1, 0.15) is 69.9 Å². The van der Waals surface area contributed by atoms with Gasteiger partial charge in [0.15, 0.2) is 0 Å². The second-order valence-corrected chi connectivity index (χ2v) is 19.3. The number of hydrogen-bond donors (Lipinski definition) is 4. The minimum Gasteiger partial charge on any atom is -0.508 e. The molecule has 3 fully saturated rings. The topological polar surface area (TPSA) is 173 Å². The molecule has 0 aliphatic carbocycles. The highest BCUT2D eigenvalue weighted by atomic mass is 32.2. The van der Waals surface area contributed by atoms with E-state index >= 15 is 0 Å². The molecule has 0 radical (unpaired) electrons. The fourth-order valence-electron chi connectivity index (χ4n) is 9.33. The standard InChI is InChI=1S/C44H56N6O8S/c1-6-49-37-12-11-29-21-33(37)34(40(49)32-9-7-14-46-39(32)27(2)56-5)22-43(3,4)26-58-42(53)35-10-8-15-50(47-35)41(52)36(19-28-17-30(29)20-31(51)18-28)48-59(54,55)23-38-44(13-16-57-38)24-45-25-44/h7,9,11-12,14,17-18,20-21,27,35-36,38,45,47-48,51H,6,8,10,13,15-16,19,22-26H2,1-5H3/t27-,35-,36-,38?/m0/s1. The summed E-state index contributed by atoms with van der Waals surface area (Å²) in [5.74, 6) is -1.30. The molecule has 8 rings (SSSR count). The molecule has 1 spiro atoms. The maximum Gasteiger partial charge on any atom is 0.324 e. The number of ether oxygens (including phenoxy) is 3. The van der Waals surface area contributed by atoms with Crippen molar-refractivity contribution >= 4 is 32.8 Å². The van der Waals surface area contributed by atoms with Crippen molar-refractivity contribution in [2.75, 3.05) is 45.7 Å². The molecule has 0 saturated carbocycles. The number of fused-ring (bicyclic) bond motifs is 6. The first kappa shape index (κ1) is 41.4. The molecule has 4 aliphatic rings. The van der Waals surface area contributed by atoms with Crippen LogP contribution in [-0.2, 0) is 53.2 Å². The molecule has 15 heteroatoms. The van der Waals surface area contributed by atoms with E-state index in [1.54, 1.807) is 25.4 Å². The number of cyclic esters (lactones) is 1. The van der Waals surface area contributed by atoms with Crippen LogP contribution in [0.2, 0.25) is 0 Å². The number of benzene rings is 2. The number of aryl methyl sites for hydroxylation is 1. The predicted molar refractivity (Wildman–Crippen MR) is 224 cm³/mol. The first-order valence-electron chi connectivity index (χ1n) is 20.7. The first-order chi connectivity index (χ1) is 28.2. The number of nitrogens with one attached hydrogen (secondary N) is 3. The average molecular weight is 829 g/mol. The van der Waals surface area contributed by atoms with Crippen molar-refractivity contribution in [2.45, 2.75) is 90.6 Å². The summed E-state index contributed by atoms with van der Waals surface area (Å²) in [5.41, 5.74) is 9.28. The van der Waals surface area contributed by atoms with E-state index in [4.69, 9.17) is 19.2 Å². The number of carbonyl (C=O) groups is 2. The molecule has 316 valence electrons. The number of methoxy groups -OCH3 is 1. The van der Waals surface area contributed by atoms with Gasteiger partial charge >= 0.3 is 5.97 Å². The van der Waals surface area contributed by atoms with Gasteiger partial charge in [0.2, 0.25) is 10.0 Å². The van der Waals surface area contributed by atoms with Gasteiger partial charge in [0, 0.05) is 73.4 Å². The van der Waals surface area contributed by atoms with Gasteiger partial charge in [-0.2, -0.15) is 0 Å². The maximum atomic E-state index is 14.4. The number of esters is 1. The number of hydrazine groups is 1. The zero-order valence-corrected chi connectivity index (χ0v) is 35.4. The predicted octanol–water partition coefficient (Wildman–Crippen LogP) is 4.63. The van der Waals surface area contributed by atoms with Crippen LogP contribution in [0.25, 0.3) is 33.3 Å². The molecule has 4 aromatic rings. The van der Waals surface area contributed by atoms with E-state index in [2.05, 4.69) is 59.0 Å². The lowest BCUT2D eigenvalue weighted by Gasteiger charge is -2.42. The van der Waals surface area contributed by atoms with Crippen molar-refractivity contribution in [3.63, 3.8) is 0 Å². The van der Waals surface area contributed by atoms with E-state index in [9.17, 15) is 23.1 Å². The summed E-state index contributed by atoms with van der Waals surface area (Å²) in [6.45, 7) is 11.2. The number of aromatic hydroxyl groups is 1. The normalized spacial score (nSPS) is 23.8. The molecule has 1 amide bonds. The molecule has 6 heterocycles. The van der Waals surface area contributed by atoms with Crippen molar-refractivity contribution < 1.29 is 37.3 Å². The molecule has 3 saturated heterocycles. The van der Waals surface area contributed by atoms with Gasteiger partial charge in [-0.05, 0) is 105 Å². The van der Waals surface area contributed by atoms with Crippen LogP contribution in [0.15, 0.2) is 54.7 Å². The molecule has 4 aliphatic heterocycles. The van der Waals surface area contributed by atoms with Gasteiger partial charge < -0.3 is 29.2 Å². The number of aromatic nitrogens is 2. The van der Waals surface area contributed by atoms with Gasteiger partial charge in [-0.25, -0.2) is 18.6 Å². The highest BCUT2D eigenvalue weighted by Crippen LogP contribution is 2.43. The summed E-state index contributed by atoms with van der Waals surface area (Å²) in [4.78, 5) is 33.0. The Morgan fingerprint density at radius 3 is 2.68 bits per heavy atom. The van der Waals surface area contributed by atoms with Crippen LogP contribution in [0.3, 0.4) is 0 Å². The third-order valence-corrected chi connectivity index (χ3v) is 14.0. The molecule has 2 aromatic carbocycles. The summed E-state index contributed by atoms with van der Waals surface area (Å²) in [7, 11) is -2.37. The lowest BCUT2D eigenvalue weighted by molar-refractivity contribution is -0.155. The van der Waals surface area contributed by atoms with Gasteiger partial charge in [-0.15, -0.1) is 0 Å². The molecule has 59 heavy (non-hydrogen) atoms. The highest BCUT2D eigenvalue weighted by molar-refractivity contribution is 7.89. The third kappa shape index (κ3) is 8.25. The largest absolute Gasteiger partial charge is 0.508 e. The number of rotatable bonds is 8. The molecule has 2 aromatic heterocycles. The summed E-state index contributed by atoms with van der Waals surface area (Å²) in [5, 5.41) is 16.8. The molecule has 6 bridgehead atoms. The minimum absolute atomic E-state index is 0.0134. The summed E-state index contributed by atoms with van der Waals surface area (Å²) < 4.78 is 50.7. The van der Waals surface area contributed by atoms with Crippen LogP contribution in [0.5, 0.6) is 5.75 Å². The number of pyridine rings is 1. The summed E-state index contributed by atoms with van der Waals surface area (Å²) in [6, 6.07) is 13.3. The second-order valence-electron chi connectivity index (χ2n) is 17.5. The van der Waals surface area contributed by atoms with Crippen molar-refractivity contribution in [1.82, 2.24) is 30.0 Å². The fourth-order valence-corrected chi connectivity index (χ4v) is 10.9. The monoisotopic (exact) mass is 828 g/mol. The number of sulfonamides is 1. The van der Waals surface area contributed by atoms with E-state index in [0.29, 0.717) is 56.6 Å². The lowest BCUT2D eigenvalue weighted by atomic mass is 9.76. The zero-order valence-electron chi connectivity index (χ0n) is 34.5. The second kappa shape index (κ2) is 16.2. The van der Waals surface area contributed by atoms with Crippen LogP contribution in [0.4, 0.5) is 0 Å². The van der Waals surface area contributed by atoms with E-state index in [0.717, 1.165) is 45.4 Å². The number of nitrogens with zero attached hydrogens (tertiary/aromatic N) is 3. The molecule has 4 atom stereocenters. The van der Waals surface area contributed by atoms with Gasteiger partial charge in [-0.1, -0.05) is 26.0 Å². The van der Waals surface area contributed by atoms with Gasteiger partial charge in [0.25, 0.3) is 5.91 Å². The number of amides is 1. The Labute approximate surface area is 346 Å². The van der Waals surface area contributed by atoms with Crippen molar-refractivity contribution in [3.05, 3.63) is 71.5 Å². The zero-order chi connectivity index (χ0) is 41.7. The number of phenolic OH excluding ortho intramolecular Hbond substituents is 1. The molecule has 14 nitrogen and oxygen atoms in total. The Kier molecular flexibility index (Phi) is 11.4. The average Bonchev–Trinajstić information content (AvgIpc) is 3.76. The van der Waals surface area contributed by atoms with Crippen molar-refractivity contribution in [1.29, 1.82) is 0 Å². The highest BCUT2D eigenvalue weighted by Gasteiger charge is 2.50. The Hall–Kier alpha value is -4.38. The molecular weight excluding hydrogens is 773 g/mol. The van der Waals surface area contributed by atoms with Crippen molar-refractivity contribution in [2.24, 2.45) is 10.8 Å².